The predicted octanol–water partition coefficient (Wildman–Crippen LogP) is 3.22. The zero-order valence-electron chi connectivity index (χ0n) is 14.2. The largest absolute Gasteiger partial charge is 0.481 e. The Kier molecular flexibility index (Phi) is 5.05. The summed E-state index contributed by atoms with van der Waals surface area (Å²) in [6.07, 6.45) is 10.4. The molecule has 2 heterocycles. The van der Waals surface area contributed by atoms with E-state index in [2.05, 4.69) is 21.8 Å². The van der Waals surface area contributed by atoms with Crippen LogP contribution in [0, 0.1) is 11.3 Å². The number of carbonyl (C=O) groups is 1. The van der Waals surface area contributed by atoms with Gasteiger partial charge >= 0.3 is 5.97 Å². The van der Waals surface area contributed by atoms with Crippen LogP contribution >= 0.6 is 0 Å². The SMILES string of the molecule is CCCCc1ncc(CN2CCC[C@](CC3CC3)(C(=O)O)C2)[nH]1. The number of nitrogens with zero attached hydrogens (tertiary/aromatic N) is 2. The number of rotatable bonds is 8. The lowest BCUT2D eigenvalue weighted by atomic mass is 9.75. The normalized spacial score (nSPS) is 25.6. The summed E-state index contributed by atoms with van der Waals surface area (Å²) >= 11 is 0. The van der Waals surface area contributed by atoms with Gasteiger partial charge in [0.2, 0.25) is 0 Å². The van der Waals surface area contributed by atoms with Crippen LogP contribution in [0.5, 0.6) is 0 Å². The molecule has 1 aromatic rings. The molecule has 2 N–H and O–H groups in total. The number of aromatic amines is 1. The number of likely N-dealkylation sites (tertiary alicyclic amines) is 1. The molecule has 1 aliphatic heterocycles. The van der Waals surface area contributed by atoms with Gasteiger partial charge in [0.05, 0.1) is 5.41 Å². The fraction of sp³-hybridized carbons (Fsp3) is 0.778. The van der Waals surface area contributed by atoms with Crippen molar-refractivity contribution in [2.45, 2.75) is 64.8 Å². The van der Waals surface area contributed by atoms with Crippen LogP contribution < -0.4 is 0 Å². The van der Waals surface area contributed by atoms with E-state index in [1.54, 1.807) is 0 Å². The van der Waals surface area contributed by atoms with Gasteiger partial charge in [-0.25, -0.2) is 4.98 Å². The maximum Gasteiger partial charge on any atom is 0.310 e. The molecule has 0 radical (unpaired) electrons. The molecule has 0 unspecified atom stereocenters. The number of imidazole rings is 1. The van der Waals surface area contributed by atoms with E-state index < -0.39 is 11.4 Å². The minimum atomic E-state index is -0.595. The second-order valence-corrected chi connectivity index (χ2v) is 7.51. The molecule has 5 heteroatoms. The van der Waals surface area contributed by atoms with Crippen molar-refractivity contribution in [1.29, 1.82) is 0 Å². The third-order valence-electron chi connectivity index (χ3n) is 5.33. The number of nitrogens with one attached hydrogen (secondary N) is 1. The van der Waals surface area contributed by atoms with Gasteiger partial charge in [0.1, 0.15) is 5.82 Å². The summed E-state index contributed by atoms with van der Waals surface area (Å²) in [5, 5.41) is 9.80. The van der Waals surface area contributed by atoms with Crippen molar-refractivity contribution in [2.24, 2.45) is 11.3 Å². The summed E-state index contributed by atoms with van der Waals surface area (Å²) < 4.78 is 0. The van der Waals surface area contributed by atoms with Gasteiger partial charge in [0.25, 0.3) is 0 Å². The Morgan fingerprint density at radius 2 is 2.35 bits per heavy atom. The minimum absolute atomic E-state index is 0.523. The maximum atomic E-state index is 11.9. The van der Waals surface area contributed by atoms with Gasteiger partial charge < -0.3 is 10.1 Å². The number of hydrogen-bond acceptors (Lipinski definition) is 3. The summed E-state index contributed by atoms with van der Waals surface area (Å²) in [5.41, 5.74) is 0.591. The lowest BCUT2D eigenvalue weighted by Gasteiger charge is -2.40. The summed E-state index contributed by atoms with van der Waals surface area (Å²) in [5.74, 6) is 1.11. The Bertz CT molecular complexity index is 538. The van der Waals surface area contributed by atoms with Gasteiger partial charge in [-0.15, -0.1) is 0 Å². The van der Waals surface area contributed by atoms with Crippen molar-refractivity contribution in [2.75, 3.05) is 13.1 Å². The highest BCUT2D eigenvalue weighted by atomic mass is 16.4. The number of aryl methyl sites for hydroxylation is 1. The standard InChI is InChI=1S/C18H29N3O2/c1-2-3-5-16-19-11-15(20-16)12-21-9-4-8-18(13-21,17(22)23)10-14-6-7-14/h11,14H,2-10,12-13H2,1H3,(H,19,20)(H,22,23)/t18-/m1/s1. The summed E-state index contributed by atoms with van der Waals surface area (Å²) in [6.45, 7) is 4.65. The maximum absolute atomic E-state index is 11.9. The Morgan fingerprint density at radius 3 is 3.04 bits per heavy atom. The highest BCUT2D eigenvalue weighted by Gasteiger charge is 2.45. The molecule has 23 heavy (non-hydrogen) atoms. The quantitative estimate of drug-likeness (QED) is 0.772. The fourth-order valence-electron chi connectivity index (χ4n) is 3.86. The van der Waals surface area contributed by atoms with Crippen LogP contribution in [-0.2, 0) is 17.8 Å². The Labute approximate surface area is 138 Å². The van der Waals surface area contributed by atoms with E-state index in [1.165, 1.54) is 19.3 Å². The van der Waals surface area contributed by atoms with Crippen molar-refractivity contribution in [3.8, 4) is 0 Å². The van der Waals surface area contributed by atoms with Crippen molar-refractivity contribution < 1.29 is 9.90 Å². The average Bonchev–Trinajstić information content (AvgIpc) is 3.22. The number of carboxylic acids is 1. The summed E-state index contributed by atoms with van der Waals surface area (Å²) in [7, 11) is 0. The lowest BCUT2D eigenvalue weighted by molar-refractivity contribution is -0.153. The molecule has 2 aliphatic rings. The number of unbranched alkanes of at least 4 members (excludes halogenated alkanes) is 1. The minimum Gasteiger partial charge on any atom is -0.481 e. The second-order valence-electron chi connectivity index (χ2n) is 7.51. The van der Waals surface area contributed by atoms with E-state index in [9.17, 15) is 9.90 Å². The van der Waals surface area contributed by atoms with Gasteiger partial charge in [-0.05, 0) is 38.1 Å². The topological polar surface area (TPSA) is 69.2 Å². The average molecular weight is 319 g/mol. The van der Waals surface area contributed by atoms with E-state index in [0.29, 0.717) is 12.5 Å². The molecule has 1 atom stereocenters. The highest BCUT2D eigenvalue weighted by Crippen LogP contribution is 2.45. The molecular weight excluding hydrogens is 290 g/mol. The molecule has 1 saturated heterocycles. The molecule has 1 saturated carbocycles. The number of carboxylic acid groups (broad SMARTS) is 1. The molecule has 3 rings (SSSR count). The second kappa shape index (κ2) is 7.04. The van der Waals surface area contributed by atoms with E-state index in [4.69, 9.17) is 0 Å². The molecule has 0 bridgehead atoms. The highest BCUT2D eigenvalue weighted by molar-refractivity contribution is 5.75. The van der Waals surface area contributed by atoms with Crippen LogP contribution in [0.4, 0.5) is 0 Å². The first-order valence-electron chi connectivity index (χ1n) is 9.10. The molecule has 0 amide bonds. The monoisotopic (exact) mass is 319 g/mol. The number of aromatic nitrogens is 2. The molecule has 5 nitrogen and oxygen atoms in total. The zero-order chi connectivity index (χ0) is 16.3. The van der Waals surface area contributed by atoms with Crippen LogP contribution in [0.15, 0.2) is 6.20 Å². The third kappa shape index (κ3) is 4.14. The van der Waals surface area contributed by atoms with Gasteiger partial charge in [0, 0.05) is 31.4 Å². The van der Waals surface area contributed by atoms with Gasteiger partial charge in [0.15, 0.2) is 0 Å². The van der Waals surface area contributed by atoms with Crippen LogP contribution in [0.25, 0.3) is 0 Å². The van der Waals surface area contributed by atoms with E-state index in [0.717, 1.165) is 56.7 Å². The van der Waals surface area contributed by atoms with Crippen LogP contribution in [-0.4, -0.2) is 39.0 Å². The first-order valence-corrected chi connectivity index (χ1v) is 9.10. The molecule has 0 aromatic carbocycles. The van der Waals surface area contributed by atoms with Crippen LogP contribution in [0.3, 0.4) is 0 Å². The third-order valence-corrected chi connectivity index (χ3v) is 5.33. The molecule has 2 fully saturated rings. The number of H-pyrrole nitrogens is 1. The molecule has 1 aromatic heterocycles. The molecular formula is C18H29N3O2. The van der Waals surface area contributed by atoms with Crippen LogP contribution in [0.1, 0.15) is 63.4 Å². The van der Waals surface area contributed by atoms with E-state index in [-0.39, 0.29) is 0 Å². The van der Waals surface area contributed by atoms with Crippen molar-refractivity contribution in [3.05, 3.63) is 17.7 Å². The first kappa shape index (κ1) is 16.5. The fourth-order valence-corrected chi connectivity index (χ4v) is 3.86. The zero-order valence-corrected chi connectivity index (χ0v) is 14.2. The number of hydrogen-bond donors (Lipinski definition) is 2. The number of aliphatic carboxylic acids is 1. The number of piperidine rings is 1. The van der Waals surface area contributed by atoms with Gasteiger partial charge in [-0.3, -0.25) is 9.69 Å². The Morgan fingerprint density at radius 1 is 1.52 bits per heavy atom. The molecule has 128 valence electrons. The van der Waals surface area contributed by atoms with E-state index in [1.807, 2.05) is 6.20 Å². The van der Waals surface area contributed by atoms with Crippen molar-refractivity contribution >= 4 is 5.97 Å². The summed E-state index contributed by atoms with van der Waals surface area (Å²) in [4.78, 5) is 22.1. The predicted molar refractivity (Wildman–Crippen MR) is 89.1 cm³/mol. The van der Waals surface area contributed by atoms with Gasteiger partial charge in [-0.2, -0.15) is 0 Å². The Balaban J connectivity index is 1.61. The molecule has 1 aliphatic carbocycles. The first-order chi connectivity index (χ1) is 11.1. The van der Waals surface area contributed by atoms with Crippen LogP contribution in [0.2, 0.25) is 0 Å². The van der Waals surface area contributed by atoms with E-state index >= 15 is 0 Å². The van der Waals surface area contributed by atoms with Crippen molar-refractivity contribution in [1.82, 2.24) is 14.9 Å². The van der Waals surface area contributed by atoms with Gasteiger partial charge in [-0.1, -0.05) is 26.2 Å². The molecule has 0 spiro atoms. The smallest absolute Gasteiger partial charge is 0.310 e. The Hall–Kier alpha value is -1.36. The summed E-state index contributed by atoms with van der Waals surface area (Å²) in [6, 6.07) is 0. The van der Waals surface area contributed by atoms with Crippen molar-refractivity contribution in [3.63, 3.8) is 0 Å². The lowest BCUT2D eigenvalue weighted by Crippen LogP contribution is -2.47.